The second kappa shape index (κ2) is 8.53. The predicted molar refractivity (Wildman–Crippen MR) is 107 cm³/mol. The average molecular weight is 370 g/mol. The van der Waals surface area contributed by atoms with E-state index in [9.17, 15) is 9.18 Å². The largest absolute Gasteiger partial charge is 0.360 e. The molecule has 1 aliphatic heterocycles. The number of likely N-dealkylation sites (N-methyl/N-ethyl adjacent to an activating group) is 1. The van der Waals surface area contributed by atoms with Crippen molar-refractivity contribution in [3.8, 4) is 0 Å². The van der Waals surface area contributed by atoms with Crippen LogP contribution >= 0.6 is 0 Å². The third-order valence-electron chi connectivity index (χ3n) is 5.39. The van der Waals surface area contributed by atoms with Crippen LogP contribution in [0.3, 0.4) is 0 Å². The third kappa shape index (κ3) is 5.07. The summed E-state index contributed by atoms with van der Waals surface area (Å²) in [5.74, 6) is -0.0272. The standard InChI is InChI=1S/C22H28FN3O/c1-17-4-5-19(18(2)14-17)15-24(3)22(27)16-25-10-12-26(13-11-25)21-8-6-20(23)7-9-21/h4-9,14H,10-13,15-16H2,1-3H3/p+1. The van der Waals surface area contributed by atoms with Crippen molar-refractivity contribution in [2.24, 2.45) is 0 Å². The first-order chi connectivity index (χ1) is 12.9. The van der Waals surface area contributed by atoms with E-state index in [0.717, 1.165) is 31.9 Å². The molecule has 1 amide bonds. The van der Waals surface area contributed by atoms with Crippen molar-refractivity contribution in [1.82, 2.24) is 4.90 Å². The van der Waals surface area contributed by atoms with E-state index < -0.39 is 0 Å². The molecule has 1 fully saturated rings. The molecule has 0 radical (unpaired) electrons. The third-order valence-corrected chi connectivity index (χ3v) is 5.39. The van der Waals surface area contributed by atoms with Gasteiger partial charge >= 0.3 is 0 Å². The highest BCUT2D eigenvalue weighted by Gasteiger charge is 2.24. The average Bonchev–Trinajstić information content (AvgIpc) is 2.65. The number of quaternary nitrogens is 1. The molecule has 1 saturated heterocycles. The number of halogens is 1. The lowest BCUT2D eigenvalue weighted by Gasteiger charge is -2.34. The molecule has 4 nitrogen and oxygen atoms in total. The Morgan fingerprint density at radius 3 is 2.41 bits per heavy atom. The molecule has 0 saturated carbocycles. The molecule has 1 heterocycles. The van der Waals surface area contributed by atoms with Gasteiger partial charge in [-0.15, -0.1) is 0 Å². The van der Waals surface area contributed by atoms with Gasteiger partial charge in [0, 0.05) is 19.3 Å². The minimum atomic E-state index is -0.208. The van der Waals surface area contributed by atoms with Crippen molar-refractivity contribution in [1.29, 1.82) is 0 Å². The van der Waals surface area contributed by atoms with Crippen LogP contribution in [0.4, 0.5) is 10.1 Å². The maximum absolute atomic E-state index is 13.1. The highest BCUT2D eigenvalue weighted by atomic mass is 19.1. The van der Waals surface area contributed by atoms with Crippen molar-refractivity contribution in [2.45, 2.75) is 20.4 Å². The number of rotatable bonds is 5. The number of piperazine rings is 1. The first-order valence-corrected chi connectivity index (χ1v) is 9.56. The van der Waals surface area contributed by atoms with Gasteiger partial charge in [0.25, 0.3) is 5.91 Å². The molecule has 0 bridgehead atoms. The van der Waals surface area contributed by atoms with Crippen molar-refractivity contribution < 1.29 is 14.1 Å². The maximum atomic E-state index is 13.1. The Labute approximate surface area is 161 Å². The SMILES string of the molecule is Cc1ccc(CN(C)C(=O)C[NH+]2CCN(c3ccc(F)cc3)CC2)c(C)c1. The summed E-state index contributed by atoms with van der Waals surface area (Å²) in [6.45, 7) is 8.96. The Hall–Kier alpha value is -2.40. The minimum absolute atomic E-state index is 0.181. The number of anilines is 1. The summed E-state index contributed by atoms with van der Waals surface area (Å²) in [5, 5.41) is 0. The molecule has 1 aliphatic rings. The first-order valence-electron chi connectivity index (χ1n) is 9.56. The Bertz CT molecular complexity index is 783. The summed E-state index contributed by atoms with van der Waals surface area (Å²) in [4.78, 5) is 18.0. The van der Waals surface area contributed by atoms with Crippen LogP contribution in [0.5, 0.6) is 0 Å². The van der Waals surface area contributed by atoms with Crippen LogP contribution in [0.25, 0.3) is 0 Å². The maximum Gasteiger partial charge on any atom is 0.277 e. The zero-order chi connectivity index (χ0) is 19.4. The van der Waals surface area contributed by atoms with Gasteiger partial charge in [0.15, 0.2) is 6.54 Å². The number of aryl methyl sites for hydroxylation is 2. The number of nitrogens with one attached hydrogen (secondary N) is 1. The van der Waals surface area contributed by atoms with E-state index >= 15 is 0 Å². The van der Waals surface area contributed by atoms with E-state index in [1.165, 1.54) is 33.7 Å². The summed E-state index contributed by atoms with van der Waals surface area (Å²) < 4.78 is 13.1. The fourth-order valence-electron chi connectivity index (χ4n) is 3.63. The number of nitrogens with zero attached hydrogens (tertiary/aromatic N) is 2. The van der Waals surface area contributed by atoms with Crippen LogP contribution < -0.4 is 9.80 Å². The highest BCUT2D eigenvalue weighted by molar-refractivity contribution is 5.76. The molecule has 0 atom stereocenters. The van der Waals surface area contributed by atoms with Gasteiger partial charge in [-0.2, -0.15) is 0 Å². The minimum Gasteiger partial charge on any atom is -0.360 e. The molecular formula is C22H29FN3O+. The number of hydrogen-bond donors (Lipinski definition) is 1. The molecule has 0 unspecified atom stereocenters. The zero-order valence-electron chi connectivity index (χ0n) is 16.5. The van der Waals surface area contributed by atoms with Gasteiger partial charge in [-0.3, -0.25) is 4.79 Å². The van der Waals surface area contributed by atoms with Crippen LogP contribution in [0.15, 0.2) is 42.5 Å². The molecule has 3 rings (SSSR count). The second-order valence-corrected chi connectivity index (χ2v) is 7.57. The Balaban J connectivity index is 1.49. The molecule has 144 valence electrons. The number of carbonyl (C=O) groups excluding carboxylic acids is 1. The number of hydrogen-bond acceptors (Lipinski definition) is 2. The van der Waals surface area contributed by atoms with Gasteiger partial charge in [-0.25, -0.2) is 4.39 Å². The lowest BCUT2D eigenvalue weighted by Crippen LogP contribution is -3.15. The molecule has 2 aromatic carbocycles. The molecule has 0 spiro atoms. The smallest absolute Gasteiger partial charge is 0.277 e. The summed E-state index contributed by atoms with van der Waals surface area (Å²) in [7, 11) is 1.88. The van der Waals surface area contributed by atoms with Crippen molar-refractivity contribution >= 4 is 11.6 Å². The van der Waals surface area contributed by atoms with E-state index in [2.05, 4.69) is 36.9 Å². The fourth-order valence-corrected chi connectivity index (χ4v) is 3.63. The summed E-state index contributed by atoms with van der Waals surface area (Å²) >= 11 is 0. The van der Waals surface area contributed by atoms with E-state index in [1.54, 1.807) is 0 Å². The monoisotopic (exact) mass is 370 g/mol. The van der Waals surface area contributed by atoms with Crippen LogP contribution in [0.2, 0.25) is 0 Å². The lowest BCUT2D eigenvalue weighted by molar-refractivity contribution is -0.892. The number of amides is 1. The van der Waals surface area contributed by atoms with Gasteiger partial charge in [0.2, 0.25) is 0 Å². The van der Waals surface area contributed by atoms with Crippen LogP contribution in [-0.2, 0) is 11.3 Å². The number of carbonyl (C=O) groups is 1. The van der Waals surface area contributed by atoms with Crippen LogP contribution in [0, 0.1) is 19.7 Å². The van der Waals surface area contributed by atoms with Gasteiger partial charge in [-0.1, -0.05) is 23.8 Å². The van der Waals surface area contributed by atoms with Crippen molar-refractivity contribution in [2.75, 3.05) is 44.7 Å². The van der Waals surface area contributed by atoms with Crippen molar-refractivity contribution in [3.05, 3.63) is 65.0 Å². The van der Waals surface area contributed by atoms with Gasteiger partial charge < -0.3 is 14.7 Å². The van der Waals surface area contributed by atoms with Crippen molar-refractivity contribution in [3.63, 3.8) is 0 Å². The van der Waals surface area contributed by atoms with E-state index in [0.29, 0.717) is 13.1 Å². The van der Waals surface area contributed by atoms with E-state index in [1.807, 2.05) is 24.1 Å². The lowest BCUT2D eigenvalue weighted by atomic mass is 10.1. The molecular weight excluding hydrogens is 341 g/mol. The van der Waals surface area contributed by atoms with E-state index in [4.69, 9.17) is 0 Å². The summed E-state index contributed by atoms with van der Waals surface area (Å²) in [6.07, 6.45) is 0. The highest BCUT2D eigenvalue weighted by Crippen LogP contribution is 2.15. The normalized spacial score (nSPS) is 15.0. The Morgan fingerprint density at radius 2 is 1.78 bits per heavy atom. The van der Waals surface area contributed by atoms with Gasteiger partial charge in [-0.05, 0) is 49.2 Å². The molecule has 2 aromatic rings. The summed E-state index contributed by atoms with van der Waals surface area (Å²) in [6, 6.07) is 13.0. The van der Waals surface area contributed by atoms with Crippen LogP contribution in [-0.4, -0.2) is 50.6 Å². The topological polar surface area (TPSA) is 28.0 Å². The molecule has 0 aromatic heterocycles. The quantitative estimate of drug-likeness (QED) is 0.869. The summed E-state index contributed by atoms with van der Waals surface area (Å²) in [5.41, 5.74) is 4.73. The van der Waals surface area contributed by atoms with E-state index in [-0.39, 0.29) is 11.7 Å². The Kier molecular flexibility index (Phi) is 6.11. The molecule has 5 heteroatoms. The Morgan fingerprint density at radius 1 is 1.11 bits per heavy atom. The second-order valence-electron chi connectivity index (χ2n) is 7.57. The fraction of sp³-hybridized carbons (Fsp3) is 0.409. The number of benzene rings is 2. The molecule has 0 aliphatic carbocycles. The zero-order valence-corrected chi connectivity index (χ0v) is 16.5. The first kappa shape index (κ1) is 19.4. The van der Waals surface area contributed by atoms with Crippen LogP contribution in [0.1, 0.15) is 16.7 Å². The van der Waals surface area contributed by atoms with Gasteiger partial charge in [0.1, 0.15) is 5.82 Å². The predicted octanol–water partition coefficient (Wildman–Crippen LogP) is 1.81. The van der Waals surface area contributed by atoms with Gasteiger partial charge in [0.05, 0.1) is 26.2 Å². The molecule has 1 N–H and O–H groups in total. The molecule has 27 heavy (non-hydrogen) atoms.